The molecule has 0 bridgehead atoms. The minimum atomic E-state index is -0.510. The maximum Gasteiger partial charge on any atom is 0.308 e. The molecule has 0 spiro atoms. The van der Waals surface area contributed by atoms with Gasteiger partial charge in [0.25, 0.3) is 0 Å². The molecule has 0 amide bonds. The predicted molar refractivity (Wildman–Crippen MR) is 57.2 cm³/mol. The van der Waals surface area contributed by atoms with Crippen LogP contribution in [0.15, 0.2) is 24.3 Å². The van der Waals surface area contributed by atoms with E-state index in [9.17, 15) is 9.59 Å². The fourth-order valence-corrected chi connectivity index (χ4v) is 1.31. The molecule has 15 heavy (non-hydrogen) atoms. The molecular weight excluding hydrogens is 216 g/mol. The second-order valence-electron chi connectivity index (χ2n) is 3.09. The Bertz CT molecular complexity index is 345. The second-order valence-corrected chi connectivity index (χ2v) is 3.65. The van der Waals surface area contributed by atoms with Crippen molar-refractivity contribution in [3.63, 3.8) is 0 Å². The zero-order valence-electron chi connectivity index (χ0n) is 8.27. The Labute approximate surface area is 93.0 Å². The molecule has 1 atom stereocenters. The maximum absolute atomic E-state index is 10.6. The Hall–Kier alpha value is -1.35. The molecule has 0 aliphatic heterocycles. The van der Waals surface area contributed by atoms with E-state index in [2.05, 4.69) is 0 Å². The van der Waals surface area contributed by atoms with Crippen LogP contribution in [0, 0.1) is 0 Å². The number of ether oxygens (including phenoxy) is 1. The van der Waals surface area contributed by atoms with Gasteiger partial charge in [-0.1, -0.05) is 12.1 Å². The quantitative estimate of drug-likeness (QED) is 0.341. The molecule has 0 aromatic heterocycles. The Morgan fingerprint density at radius 2 is 2.07 bits per heavy atom. The largest absolute Gasteiger partial charge is 0.427 e. The number of carbonyl (C=O) groups is 2. The van der Waals surface area contributed by atoms with Crippen LogP contribution >= 0.6 is 11.6 Å². The molecule has 1 rings (SSSR count). The summed E-state index contributed by atoms with van der Waals surface area (Å²) < 4.78 is 4.86. The van der Waals surface area contributed by atoms with E-state index in [0.717, 1.165) is 5.56 Å². The highest BCUT2D eigenvalue weighted by atomic mass is 35.5. The predicted octanol–water partition coefficient (Wildman–Crippen LogP) is 1.96. The van der Waals surface area contributed by atoms with E-state index < -0.39 is 5.38 Å². The van der Waals surface area contributed by atoms with Gasteiger partial charge in [-0.25, -0.2) is 0 Å². The number of halogens is 1. The van der Waals surface area contributed by atoms with E-state index >= 15 is 0 Å². The first-order chi connectivity index (χ1) is 7.11. The summed E-state index contributed by atoms with van der Waals surface area (Å²) in [5.74, 6) is 0.134. The molecule has 0 N–H and O–H groups in total. The summed E-state index contributed by atoms with van der Waals surface area (Å²) in [4.78, 5) is 21.0. The van der Waals surface area contributed by atoms with E-state index in [1.54, 1.807) is 24.3 Å². The Morgan fingerprint density at radius 1 is 1.47 bits per heavy atom. The lowest BCUT2D eigenvalue weighted by Gasteiger charge is -2.04. The van der Waals surface area contributed by atoms with Crippen LogP contribution in [0.2, 0.25) is 0 Å². The topological polar surface area (TPSA) is 43.4 Å². The van der Waals surface area contributed by atoms with Crippen molar-refractivity contribution in [2.24, 2.45) is 0 Å². The average Bonchev–Trinajstić information content (AvgIpc) is 2.20. The highest BCUT2D eigenvalue weighted by molar-refractivity contribution is 6.27. The summed E-state index contributed by atoms with van der Waals surface area (Å²) in [6, 6.07) is 6.89. The molecular formula is C11H11ClO3. The average molecular weight is 227 g/mol. The Morgan fingerprint density at radius 3 is 2.53 bits per heavy atom. The van der Waals surface area contributed by atoms with Gasteiger partial charge in [0, 0.05) is 6.92 Å². The minimum absolute atomic E-state index is 0.356. The summed E-state index contributed by atoms with van der Waals surface area (Å²) >= 11 is 5.67. The monoisotopic (exact) mass is 226 g/mol. The number of rotatable bonds is 4. The van der Waals surface area contributed by atoms with Crippen molar-refractivity contribution in [2.75, 3.05) is 0 Å². The number of alkyl halides is 1. The van der Waals surface area contributed by atoms with E-state index in [0.29, 0.717) is 18.5 Å². The fraction of sp³-hybridized carbons (Fsp3) is 0.273. The fourth-order valence-electron chi connectivity index (χ4n) is 1.13. The van der Waals surface area contributed by atoms with Gasteiger partial charge >= 0.3 is 5.97 Å². The van der Waals surface area contributed by atoms with Crippen molar-refractivity contribution in [3.05, 3.63) is 29.8 Å². The number of hydrogen-bond donors (Lipinski definition) is 0. The molecule has 80 valence electrons. The van der Waals surface area contributed by atoms with Crippen LogP contribution in [0.3, 0.4) is 0 Å². The van der Waals surface area contributed by atoms with Crippen LogP contribution in [0.1, 0.15) is 12.5 Å². The lowest BCUT2D eigenvalue weighted by Crippen LogP contribution is -2.05. The first kappa shape index (κ1) is 11.7. The molecule has 0 saturated heterocycles. The van der Waals surface area contributed by atoms with E-state index in [1.807, 2.05) is 0 Å². The van der Waals surface area contributed by atoms with E-state index in [-0.39, 0.29) is 5.97 Å². The van der Waals surface area contributed by atoms with E-state index in [4.69, 9.17) is 16.3 Å². The van der Waals surface area contributed by atoms with Gasteiger partial charge in [-0.2, -0.15) is 0 Å². The van der Waals surface area contributed by atoms with Crippen molar-refractivity contribution >= 4 is 23.9 Å². The third-order valence-corrected chi connectivity index (χ3v) is 2.02. The standard InChI is InChI=1S/C11H11ClO3/c1-8(14)15-11-4-2-9(3-5-11)6-10(12)7-13/h2-5,7,10H,6H2,1H3. The summed E-state index contributed by atoms with van der Waals surface area (Å²) in [5.41, 5.74) is 0.929. The van der Waals surface area contributed by atoms with Crippen LogP contribution in [-0.4, -0.2) is 17.6 Å². The third kappa shape index (κ3) is 4.13. The lowest BCUT2D eigenvalue weighted by atomic mass is 10.1. The van der Waals surface area contributed by atoms with E-state index in [1.165, 1.54) is 6.92 Å². The molecule has 1 aromatic carbocycles. The SMILES string of the molecule is CC(=O)Oc1ccc(CC(Cl)C=O)cc1. The second kappa shape index (κ2) is 5.51. The van der Waals surface area contributed by atoms with Crippen LogP contribution in [0.25, 0.3) is 0 Å². The molecule has 0 heterocycles. The van der Waals surface area contributed by atoms with Gasteiger partial charge in [0.15, 0.2) is 0 Å². The van der Waals surface area contributed by atoms with Crippen molar-refractivity contribution in [1.82, 2.24) is 0 Å². The Kier molecular flexibility index (Phi) is 4.31. The van der Waals surface area contributed by atoms with Crippen molar-refractivity contribution in [2.45, 2.75) is 18.7 Å². The normalized spacial score (nSPS) is 11.9. The summed E-state index contributed by atoms with van der Waals surface area (Å²) in [7, 11) is 0. The molecule has 0 radical (unpaired) electrons. The molecule has 1 unspecified atom stereocenters. The number of aldehydes is 1. The van der Waals surface area contributed by atoms with Gasteiger partial charge in [-0.15, -0.1) is 11.6 Å². The maximum atomic E-state index is 10.6. The minimum Gasteiger partial charge on any atom is -0.427 e. The van der Waals surface area contributed by atoms with Crippen LogP contribution < -0.4 is 4.74 Å². The van der Waals surface area contributed by atoms with Gasteiger partial charge in [0.05, 0.1) is 5.38 Å². The molecule has 0 aliphatic carbocycles. The van der Waals surface area contributed by atoms with Crippen LogP contribution in [0.4, 0.5) is 0 Å². The molecule has 0 aliphatic rings. The third-order valence-electron chi connectivity index (χ3n) is 1.76. The first-order valence-electron chi connectivity index (χ1n) is 4.48. The highest BCUT2D eigenvalue weighted by Crippen LogP contribution is 2.14. The van der Waals surface area contributed by atoms with Gasteiger partial charge in [-0.05, 0) is 24.1 Å². The van der Waals surface area contributed by atoms with Gasteiger partial charge in [0.1, 0.15) is 12.0 Å². The van der Waals surface area contributed by atoms with Crippen molar-refractivity contribution in [1.29, 1.82) is 0 Å². The molecule has 4 heteroatoms. The Balaban J connectivity index is 2.63. The summed E-state index contributed by atoms with van der Waals surface area (Å²) in [6.45, 7) is 1.34. The number of carbonyl (C=O) groups excluding carboxylic acids is 2. The lowest BCUT2D eigenvalue weighted by molar-refractivity contribution is -0.131. The molecule has 0 saturated carbocycles. The zero-order chi connectivity index (χ0) is 11.3. The molecule has 0 fully saturated rings. The van der Waals surface area contributed by atoms with Gasteiger partial charge in [-0.3, -0.25) is 4.79 Å². The molecule has 1 aromatic rings. The number of esters is 1. The zero-order valence-corrected chi connectivity index (χ0v) is 9.03. The highest BCUT2D eigenvalue weighted by Gasteiger charge is 2.04. The first-order valence-corrected chi connectivity index (χ1v) is 4.92. The molecule has 3 nitrogen and oxygen atoms in total. The smallest absolute Gasteiger partial charge is 0.308 e. The van der Waals surface area contributed by atoms with Crippen LogP contribution in [-0.2, 0) is 16.0 Å². The number of benzene rings is 1. The number of hydrogen-bond acceptors (Lipinski definition) is 3. The van der Waals surface area contributed by atoms with Crippen molar-refractivity contribution in [3.8, 4) is 5.75 Å². The van der Waals surface area contributed by atoms with Gasteiger partial charge in [0.2, 0.25) is 0 Å². The van der Waals surface area contributed by atoms with Crippen LogP contribution in [0.5, 0.6) is 5.75 Å². The summed E-state index contributed by atoms with van der Waals surface area (Å²) in [6.07, 6.45) is 1.17. The van der Waals surface area contributed by atoms with Gasteiger partial charge < -0.3 is 9.53 Å². The van der Waals surface area contributed by atoms with Crippen molar-refractivity contribution < 1.29 is 14.3 Å². The summed E-state index contributed by atoms with van der Waals surface area (Å²) in [5, 5.41) is -0.510.